The Morgan fingerprint density at radius 2 is 1.09 bits per heavy atom. The minimum atomic E-state index is -2.22. The van der Waals surface area contributed by atoms with E-state index in [-0.39, 0.29) is 0 Å². The highest BCUT2D eigenvalue weighted by Gasteiger charge is 2.58. The van der Waals surface area contributed by atoms with Crippen LogP contribution in [-0.2, 0) is 18.9 Å². The van der Waals surface area contributed by atoms with E-state index in [0.717, 1.165) is 0 Å². The van der Waals surface area contributed by atoms with Crippen LogP contribution in [0.5, 0.6) is 0 Å². The molecule has 3 rings (SSSR count). The van der Waals surface area contributed by atoms with Crippen molar-refractivity contribution in [3.63, 3.8) is 0 Å². The number of hydrogen-bond acceptors (Lipinski definition) is 17. The van der Waals surface area contributed by atoms with E-state index in [9.17, 15) is 35.7 Å². The van der Waals surface area contributed by atoms with Crippen LogP contribution in [0.4, 0.5) is 0 Å². The molecule has 35 heavy (non-hydrogen) atoms. The van der Waals surface area contributed by atoms with Crippen LogP contribution in [0.1, 0.15) is 0 Å². The smallest absolute Gasteiger partial charge is 0.224 e. The van der Waals surface area contributed by atoms with Crippen LogP contribution < -0.4 is 0 Å². The van der Waals surface area contributed by atoms with Crippen LogP contribution in [-0.4, -0.2) is 178 Å². The van der Waals surface area contributed by atoms with E-state index < -0.39 is 112 Å². The molecule has 0 aromatic carbocycles. The molecule has 0 saturated carbocycles. The average Bonchev–Trinajstić information content (AvgIpc) is 3.24. The van der Waals surface area contributed by atoms with Gasteiger partial charge in [-0.2, -0.15) is 0 Å². The molecule has 17 heteroatoms. The van der Waals surface area contributed by atoms with E-state index in [1.807, 2.05) is 0 Å². The molecule has 13 atom stereocenters. The average molecular weight is 522 g/mol. The Morgan fingerprint density at radius 3 is 1.49 bits per heavy atom. The fourth-order valence-electron chi connectivity index (χ4n) is 3.78. The Morgan fingerprint density at radius 1 is 0.571 bits per heavy atom. The molecule has 0 radical (unpaired) electrons. The van der Waals surface area contributed by atoms with Crippen molar-refractivity contribution in [1.29, 1.82) is 0 Å². The molecule has 17 nitrogen and oxygen atoms in total. The van der Waals surface area contributed by atoms with E-state index >= 15 is 0 Å². The lowest BCUT2D eigenvalue weighted by atomic mass is 9.99. The van der Waals surface area contributed by atoms with Crippen LogP contribution >= 0.6 is 0 Å². The molecule has 3 saturated heterocycles. The standard InChI is InChI=1S/C12H22O11.C6H12O6/c13-1-4-6(16)8(18)9(19)11(21-4)23-12(3-15)10(20)7(17)5(2-14)22-12;7-1-3-4(9)5(10)6(11,2-8)12-3/h4-11,13-20H,1-3H2;3-5,7-11H,1-2H2/t4-,5-,6-,7-,8+,9-,10+,11-,12+;3-,4-,5+,6-/m11/s1. The first-order valence-electron chi connectivity index (χ1n) is 10.6. The number of aliphatic hydroxyl groups excluding tert-OH is 12. The summed E-state index contributed by atoms with van der Waals surface area (Å²) in [5.74, 6) is -4.38. The first-order valence-corrected chi connectivity index (χ1v) is 10.6. The predicted molar refractivity (Wildman–Crippen MR) is 105 cm³/mol. The Hall–Kier alpha value is -0.680. The van der Waals surface area contributed by atoms with E-state index in [0.29, 0.717) is 0 Å². The lowest BCUT2D eigenvalue weighted by molar-refractivity contribution is -0.383. The fraction of sp³-hybridized carbons (Fsp3) is 1.00. The molecule has 3 heterocycles. The van der Waals surface area contributed by atoms with E-state index in [1.165, 1.54) is 0 Å². The molecule has 13 N–H and O–H groups in total. The van der Waals surface area contributed by atoms with Gasteiger partial charge in [0.15, 0.2) is 6.29 Å². The minimum absolute atomic E-state index is 0.527. The normalized spacial score (nSPS) is 50.1. The number of ether oxygens (including phenoxy) is 4. The fourth-order valence-corrected chi connectivity index (χ4v) is 3.78. The summed E-state index contributed by atoms with van der Waals surface area (Å²) in [4.78, 5) is 0. The molecule has 3 fully saturated rings. The highest BCUT2D eigenvalue weighted by molar-refractivity contribution is 4.98. The highest BCUT2D eigenvalue weighted by Crippen LogP contribution is 2.36. The van der Waals surface area contributed by atoms with E-state index in [4.69, 9.17) is 44.8 Å². The van der Waals surface area contributed by atoms with Gasteiger partial charge in [0.25, 0.3) is 0 Å². The molecule has 3 aliphatic rings. The Labute approximate surface area is 198 Å². The third-order valence-electron chi connectivity index (χ3n) is 6.00. The largest absolute Gasteiger partial charge is 0.394 e. The second-order valence-electron chi connectivity index (χ2n) is 8.34. The van der Waals surface area contributed by atoms with Crippen molar-refractivity contribution in [2.24, 2.45) is 0 Å². The lowest BCUT2D eigenvalue weighted by Crippen LogP contribution is -2.62. The van der Waals surface area contributed by atoms with Crippen molar-refractivity contribution in [1.82, 2.24) is 0 Å². The second kappa shape index (κ2) is 12.2. The van der Waals surface area contributed by atoms with Crippen molar-refractivity contribution in [3.8, 4) is 0 Å². The maximum Gasteiger partial charge on any atom is 0.224 e. The molecule has 3 aliphatic heterocycles. The molecule has 208 valence electrons. The zero-order valence-electron chi connectivity index (χ0n) is 18.3. The topological polar surface area (TPSA) is 300 Å². The summed E-state index contributed by atoms with van der Waals surface area (Å²) in [6.07, 6.45) is -16.7. The Bertz CT molecular complexity index is 655. The van der Waals surface area contributed by atoms with E-state index in [1.54, 1.807) is 0 Å². The van der Waals surface area contributed by atoms with Gasteiger partial charge in [0.1, 0.15) is 67.6 Å². The van der Waals surface area contributed by atoms with Crippen molar-refractivity contribution >= 4 is 0 Å². The Kier molecular flexibility index (Phi) is 10.7. The zero-order chi connectivity index (χ0) is 26.7. The monoisotopic (exact) mass is 522 g/mol. The van der Waals surface area contributed by atoms with Gasteiger partial charge in [-0.15, -0.1) is 0 Å². The van der Waals surface area contributed by atoms with Crippen molar-refractivity contribution in [2.75, 3.05) is 33.0 Å². The van der Waals surface area contributed by atoms with Gasteiger partial charge in [-0.25, -0.2) is 0 Å². The molecule has 0 amide bonds. The summed E-state index contributed by atoms with van der Waals surface area (Å²) in [6, 6.07) is 0. The third-order valence-corrected chi connectivity index (χ3v) is 6.00. The van der Waals surface area contributed by atoms with Crippen molar-refractivity contribution in [3.05, 3.63) is 0 Å². The molecule has 0 aliphatic carbocycles. The van der Waals surface area contributed by atoms with Gasteiger partial charge >= 0.3 is 0 Å². The maximum absolute atomic E-state index is 10.00. The van der Waals surface area contributed by atoms with Crippen molar-refractivity contribution < 1.29 is 85.3 Å². The van der Waals surface area contributed by atoms with Crippen LogP contribution in [0.2, 0.25) is 0 Å². The molecule has 0 aromatic rings. The number of hydrogen-bond donors (Lipinski definition) is 13. The summed E-state index contributed by atoms with van der Waals surface area (Å²) < 4.78 is 20.1. The van der Waals surface area contributed by atoms with Gasteiger partial charge in [0.05, 0.1) is 26.4 Å². The van der Waals surface area contributed by atoms with Gasteiger partial charge in [-0.05, 0) is 0 Å². The maximum atomic E-state index is 10.00. The van der Waals surface area contributed by atoms with Gasteiger partial charge in [-0.3, -0.25) is 0 Å². The second-order valence-corrected chi connectivity index (χ2v) is 8.34. The number of aliphatic hydroxyl groups is 13. The van der Waals surface area contributed by atoms with Crippen LogP contribution in [0.15, 0.2) is 0 Å². The lowest BCUT2D eigenvalue weighted by Gasteiger charge is -2.43. The molecule has 0 spiro atoms. The summed E-state index contributed by atoms with van der Waals surface area (Å²) in [7, 11) is 0. The molecular formula is C18H34O17. The summed E-state index contributed by atoms with van der Waals surface area (Å²) in [5.41, 5.74) is 0. The molecule has 0 bridgehead atoms. The molecular weight excluding hydrogens is 488 g/mol. The third kappa shape index (κ3) is 5.92. The Balaban J connectivity index is 0.000000303. The zero-order valence-corrected chi connectivity index (χ0v) is 18.3. The van der Waals surface area contributed by atoms with Gasteiger partial charge in [-0.1, -0.05) is 0 Å². The highest BCUT2D eigenvalue weighted by atomic mass is 16.8. The predicted octanol–water partition coefficient (Wildman–Crippen LogP) is -8.62. The van der Waals surface area contributed by atoms with E-state index in [2.05, 4.69) is 4.74 Å². The van der Waals surface area contributed by atoms with Gasteiger partial charge in [0.2, 0.25) is 11.6 Å². The molecule has 0 aromatic heterocycles. The van der Waals surface area contributed by atoms with Crippen LogP contribution in [0, 0.1) is 0 Å². The SMILES string of the molecule is OC[C@H]1O[C@@](CO)(O[C@H]2O[C@H](CO)[C@@H](O)[C@H](O)[C@H]2O)[C@@H](O)[C@@H]1O.OC[C@H]1O[C@](O)(CO)[C@@H](O)[C@@H]1O. The summed E-state index contributed by atoms with van der Waals surface area (Å²) in [6.45, 7) is -3.68. The molecule has 0 unspecified atom stereocenters. The minimum Gasteiger partial charge on any atom is -0.394 e. The van der Waals surface area contributed by atoms with Gasteiger partial charge < -0.3 is 85.3 Å². The first kappa shape index (κ1) is 30.5. The van der Waals surface area contributed by atoms with Crippen LogP contribution in [0.25, 0.3) is 0 Å². The van der Waals surface area contributed by atoms with Crippen molar-refractivity contribution in [2.45, 2.75) is 78.9 Å². The first-order chi connectivity index (χ1) is 16.4. The number of rotatable bonds is 7. The summed E-state index contributed by atoms with van der Waals surface area (Å²) in [5, 5.41) is 121. The van der Waals surface area contributed by atoms with Crippen LogP contribution in [0.3, 0.4) is 0 Å². The quantitative estimate of drug-likeness (QED) is 0.148. The van der Waals surface area contributed by atoms with Gasteiger partial charge in [0, 0.05) is 0 Å². The summed E-state index contributed by atoms with van der Waals surface area (Å²) >= 11 is 0.